The van der Waals surface area contributed by atoms with E-state index in [9.17, 15) is 13.2 Å². The number of benzene rings is 1. The second-order valence-electron chi connectivity index (χ2n) is 4.86. The van der Waals surface area contributed by atoms with Crippen LogP contribution in [0.4, 0.5) is 0 Å². The fraction of sp³-hybridized carbons (Fsp3) is 0.333. The highest BCUT2D eigenvalue weighted by atomic mass is 32.2. The van der Waals surface area contributed by atoms with Gasteiger partial charge in [0.05, 0.1) is 18.0 Å². The molecule has 0 fully saturated rings. The lowest BCUT2D eigenvalue weighted by Crippen LogP contribution is -2.41. The highest BCUT2D eigenvalue weighted by Crippen LogP contribution is 2.25. The number of fused-ring (bicyclic) bond motifs is 1. The van der Waals surface area contributed by atoms with Gasteiger partial charge in [-0.1, -0.05) is 12.1 Å². The molecule has 7 nitrogen and oxygen atoms in total. The second kappa shape index (κ2) is 7.49. The van der Waals surface area contributed by atoms with Crippen molar-refractivity contribution in [2.45, 2.75) is 4.90 Å². The van der Waals surface area contributed by atoms with E-state index < -0.39 is 10.0 Å². The molecule has 0 spiro atoms. The number of methoxy groups -OCH3 is 1. The molecule has 23 heavy (non-hydrogen) atoms. The third-order valence-electron chi connectivity index (χ3n) is 3.40. The van der Waals surface area contributed by atoms with Crippen LogP contribution in [0.3, 0.4) is 0 Å². The summed E-state index contributed by atoms with van der Waals surface area (Å²) < 4.78 is 32.0. The molecule has 2 rings (SSSR count). The molecule has 0 radical (unpaired) electrons. The fourth-order valence-corrected chi connectivity index (χ4v) is 3.77. The normalized spacial score (nSPS) is 11.8. The summed E-state index contributed by atoms with van der Waals surface area (Å²) in [5.74, 6) is -0.383. The molecule has 1 aromatic heterocycles. The standard InChI is InChI=1S/C15H19N3O4S/c1-16-15(19)11-18(8-9-22-2)23(20,21)14-5-3-4-12-10-17-7-6-13(12)14/h3-7,10H,8-9,11H2,1-2H3,(H,16,19). The van der Waals surface area contributed by atoms with Gasteiger partial charge in [0, 0.05) is 43.9 Å². The van der Waals surface area contributed by atoms with Crippen molar-refractivity contribution in [3.63, 3.8) is 0 Å². The molecule has 0 saturated heterocycles. The molecular formula is C15H19N3O4S. The molecule has 0 atom stereocenters. The average Bonchev–Trinajstić information content (AvgIpc) is 2.57. The number of likely N-dealkylation sites (N-methyl/N-ethyl adjacent to an activating group) is 1. The number of carbonyl (C=O) groups is 1. The first-order valence-electron chi connectivity index (χ1n) is 7.03. The van der Waals surface area contributed by atoms with Crippen molar-refractivity contribution < 1.29 is 17.9 Å². The zero-order valence-corrected chi connectivity index (χ0v) is 13.8. The van der Waals surface area contributed by atoms with Crippen molar-refractivity contribution in [2.24, 2.45) is 0 Å². The summed E-state index contributed by atoms with van der Waals surface area (Å²) in [6, 6.07) is 6.63. The fourth-order valence-electron chi connectivity index (χ4n) is 2.17. The predicted molar refractivity (Wildman–Crippen MR) is 86.4 cm³/mol. The van der Waals surface area contributed by atoms with Crippen molar-refractivity contribution in [2.75, 3.05) is 33.9 Å². The van der Waals surface area contributed by atoms with Gasteiger partial charge in [0.2, 0.25) is 15.9 Å². The quantitative estimate of drug-likeness (QED) is 0.800. The SMILES string of the molecule is CNC(=O)CN(CCOC)S(=O)(=O)c1cccc2cnccc12. The van der Waals surface area contributed by atoms with Gasteiger partial charge in [0.25, 0.3) is 0 Å². The monoisotopic (exact) mass is 337 g/mol. The van der Waals surface area contributed by atoms with Gasteiger partial charge in [0.15, 0.2) is 0 Å². The molecule has 1 heterocycles. The molecule has 0 aliphatic heterocycles. The number of hydrogen-bond donors (Lipinski definition) is 1. The summed E-state index contributed by atoms with van der Waals surface area (Å²) in [6.45, 7) is 0.0277. The summed E-state index contributed by atoms with van der Waals surface area (Å²) in [7, 11) is -0.895. The number of hydrogen-bond acceptors (Lipinski definition) is 5. The van der Waals surface area contributed by atoms with Gasteiger partial charge in [-0.05, 0) is 12.1 Å². The smallest absolute Gasteiger partial charge is 0.244 e. The van der Waals surface area contributed by atoms with Crippen molar-refractivity contribution in [1.82, 2.24) is 14.6 Å². The number of pyridine rings is 1. The van der Waals surface area contributed by atoms with Crippen LogP contribution in [0.25, 0.3) is 10.8 Å². The number of nitrogens with zero attached hydrogens (tertiary/aromatic N) is 2. The summed E-state index contributed by atoms with van der Waals surface area (Å²) in [4.78, 5) is 15.8. The van der Waals surface area contributed by atoms with E-state index in [0.29, 0.717) is 5.39 Å². The van der Waals surface area contributed by atoms with Crippen molar-refractivity contribution in [3.8, 4) is 0 Å². The lowest BCUT2D eigenvalue weighted by atomic mass is 10.2. The maximum Gasteiger partial charge on any atom is 0.244 e. The largest absolute Gasteiger partial charge is 0.383 e. The van der Waals surface area contributed by atoms with Crippen LogP contribution in [0.15, 0.2) is 41.6 Å². The van der Waals surface area contributed by atoms with E-state index in [1.807, 2.05) is 0 Å². The Labute approximate surface area is 135 Å². The van der Waals surface area contributed by atoms with Crippen LogP contribution in [0, 0.1) is 0 Å². The average molecular weight is 337 g/mol. The summed E-state index contributed by atoms with van der Waals surface area (Å²) in [6.07, 6.45) is 3.15. The molecular weight excluding hydrogens is 318 g/mol. The van der Waals surface area contributed by atoms with E-state index in [1.165, 1.54) is 20.2 Å². The van der Waals surface area contributed by atoms with E-state index in [0.717, 1.165) is 9.69 Å². The van der Waals surface area contributed by atoms with Gasteiger partial charge >= 0.3 is 0 Å². The number of rotatable bonds is 7. The zero-order valence-electron chi connectivity index (χ0n) is 13.0. The Kier molecular flexibility index (Phi) is 5.64. The third-order valence-corrected chi connectivity index (χ3v) is 5.31. The van der Waals surface area contributed by atoms with Gasteiger partial charge in [-0.2, -0.15) is 4.31 Å². The molecule has 2 aromatic rings. The zero-order chi connectivity index (χ0) is 16.9. The highest BCUT2D eigenvalue weighted by molar-refractivity contribution is 7.89. The molecule has 0 aliphatic rings. The van der Waals surface area contributed by atoms with Gasteiger partial charge in [-0.3, -0.25) is 9.78 Å². The maximum absolute atomic E-state index is 13.0. The van der Waals surface area contributed by atoms with E-state index in [4.69, 9.17) is 4.74 Å². The first-order valence-corrected chi connectivity index (χ1v) is 8.47. The summed E-state index contributed by atoms with van der Waals surface area (Å²) >= 11 is 0. The minimum atomic E-state index is -3.84. The Bertz CT molecular complexity index is 787. The molecule has 1 N–H and O–H groups in total. The molecule has 0 bridgehead atoms. The van der Waals surface area contributed by atoms with Crippen molar-refractivity contribution in [3.05, 3.63) is 36.7 Å². The molecule has 8 heteroatoms. The number of ether oxygens (including phenoxy) is 1. The second-order valence-corrected chi connectivity index (χ2v) is 6.76. The number of sulfonamides is 1. The van der Waals surface area contributed by atoms with Crippen LogP contribution in [0.1, 0.15) is 0 Å². The van der Waals surface area contributed by atoms with Crippen LogP contribution in [-0.2, 0) is 19.6 Å². The third kappa shape index (κ3) is 3.84. The van der Waals surface area contributed by atoms with Crippen LogP contribution in [0.5, 0.6) is 0 Å². The molecule has 1 aromatic carbocycles. The minimum Gasteiger partial charge on any atom is -0.383 e. The lowest BCUT2D eigenvalue weighted by molar-refractivity contribution is -0.120. The van der Waals surface area contributed by atoms with Gasteiger partial charge in [-0.25, -0.2) is 8.42 Å². The van der Waals surface area contributed by atoms with E-state index in [1.54, 1.807) is 30.6 Å². The van der Waals surface area contributed by atoms with Crippen LogP contribution in [-0.4, -0.2) is 57.5 Å². The maximum atomic E-state index is 13.0. The van der Waals surface area contributed by atoms with Gasteiger partial charge in [-0.15, -0.1) is 0 Å². The Balaban J connectivity index is 2.48. The Morgan fingerprint density at radius 3 is 2.83 bits per heavy atom. The van der Waals surface area contributed by atoms with Gasteiger partial charge in [0.1, 0.15) is 0 Å². The number of carbonyl (C=O) groups excluding carboxylic acids is 1. The van der Waals surface area contributed by atoms with E-state index >= 15 is 0 Å². The first kappa shape index (κ1) is 17.3. The predicted octanol–water partition coefficient (Wildman–Crippen LogP) is 0.618. The Morgan fingerprint density at radius 1 is 1.35 bits per heavy atom. The Morgan fingerprint density at radius 2 is 2.13 bits per heavy atom. The van der Waals surface area contributed by atoms with Crippen LogP contribution in [0.2, 0.25) is 0 Å². The number of amides is 1. The Hall–Kier alpha value is -2.03. The molecule has 0 aliphatic carbocycles. The van der Waals surface area contributed by atoms with E-state index in [2.05, 4.69) is 10.3 Å². The molecule has 1 amide bonds. The lowest BCUT2D eigenvalue weighted by Gasteiger charge is -2.22. The number of aromatic nitrogens is 1. The highest BCUT2D eigenvalue weighted by Gasteiger charge is 2.27. The number of nitrogens with one attached hydrogen (secondary N) is 1. The molecule has 0 saturated carbocycles. The topological polar surface area (TPSA) is 88.6 Å². The van der Waals surface area contributed by atoms with Crippen molar-refractivity contribution >= 4 is 26.7 Å². The van der Waals surface area contributed by atoms with Crippen molar-refractivity contribution in [1.29, 1.82) is 0 Å². The minimum absolute atomic E-state index is 0.0910. The first-order chi connectivity index (χ1) is 11.0. The summed E-state index contributed by atoms with van der Waals surface area (Å²) in [5.41, 5.74) is 0. The van der Waals surface area contributed by atoms with Gasteiger partial charge < -0.3 is 10.1 Å². The van der Waals surface area contributed by atoms with E-state index in [-0.39, 0.29) is 30.5 Å². The summed E-state index contributed by atoms with van der Waals surface area (Å²) in [5, 5.41) is 3.73. The molecule has 124 valence electrons. The molecule has 0 unspecified atom stereocenters. The van der Waals surface area contributed by atoms with Crippen LogP contribution >= 0.6 is 0 Å². The van der Waals surface area contributed by atoms with Crippen LogP contribution < -0.4 is 5.32 Å².